The van der Waals surface area contributed by atoms with Crippen molar-refractivity contribution in [2.24, 2.45) is 5.92 Å². The van der Waals surface area contributed by atoms with Gasteiger partial charge in [0.05, 0.1) is 0 Å². The van der Waals surface area contributed by atoms with Crippen LogP contribution in [0.2, 0.25) is 0 Å². The molecule has 0 spiro atoms. The minimum absolute atomic E-state index is 0.0302. The molecule has 218 valence electrons. The maximum absolute atomic E-state index is 13.5. The molecule has 0 radical (unpaired) electrons. The number of para-hydroxylation sites is 1. The van der Waals surface area contributed by atoms with E-state index in [1.54, 1.807) is 12.1 Å². The smallest absolute Gasteiger partial charge is 0.311 e. The average Bonchev–Trinajstić information content (AvgIpc) is 3.51. The van der Waals surface area contributed by atoms with Gasteiger partial charge in [-0.2, -0.15) is 0 Å². The summed E-state index contributed by atoms with van der Waals surface area (Å²) in [6, 6.07) is 43.2. The molecule has 0 bridgehead atoms. The molecule has 0 aliphatic heterocycles. The quantitative estimate of drug-likeness (QED) is 0.140. The number of carboxylic acids is 1. The van der Waals surface area contributed by atoms with Crippen LogP contribution in [0, 0.1) is 5.92 Å². The van der Waals surface area contributed by atoms with Crippen LogP contribution in [0.25, 0.3) is 22.3 Å². The first-order chi connectivity index (χ1) is 21.5. The summed E-state index contributed by atoms with van der Waals surface area (Å²) < 4.78 is 5.80. The van der Waals surface area contributed by atoms with Gasteiger partial charge in [0.25, 0.3) is 0 Å². The van der Waals surface area contributed by atoms with E-state index in [0.29, 0.717) is 18.6 Å². The van der Waals surface area contributed by atoms with Crippen molar-refractivity contribution in [3.63, 3.8) is 0 Å². The normalized spacial score (nSPS) is 15.4. The van der Waals surface area contributed by atoms with Crippen LogP contribution in [0.4, 0.5) is 0 Å². The first-order valence-electron chi connectivity index (χ1n) is 15.3. The molecule has 5 aromatic rings. The molecule has 1 atom stereocenters. The first kappa shape index (κ1) is 27.8. The van der Waals surface area contributed by atoms with Crippen LogP contribution in [-0.4, -0.2) is 17.0 Å². The van der Waals surface area contributed by atoms with Crippen molar-refractivity contribution < 1.29 is 19.4 Å². The lowest BCUT2D eigenvalue weighted by Gasteiger charge is -2.49. The zero-order chi connectivity index (χ0) is 30.3. The van der Waals surface area contributed by atoms with Gasteiger partial charge in [0.15, 0.2) is 0 Å². The Kier molecular flexibility index (Phi) is 6.93. The van der Waals surface area contributed by atoms with E-state index in [4.69, 9.17) is 4.74 Å². The van der Waals surface area contributed by atoms with Gasteiger partial charge in [0.2, 0.25) is 0 Å². The highest BCUT2D eigenvalue weighted by Gasteiger charge is 2.57. The van der Waals surface area contributed by atoms with E-state index in [-0.39, 0.29) is 24.7 Å². The van der Waals surface area contributed by atoms with E-state index in [2.05, 4.69) is 104 Å². The lowest BCUT2D eigenvalue weighted by molar-refractivity contribution is -0.137. The molecular weight excluding hydrogens is 544 g/mol. The zero-order valence-corrected chi connectivity index (χ0v) is 24.7. The van der Waals surface area contributed by atoms with Crippen molar-refractivity contribution in [2.45, 2.75) is 43.4 Å². The zero-order valence-electron chi connectivity index (χ0n) is 24.7. The molecule has 0 amide bonds. The van der Waals surface area contributed by atoms with Gasteiger partial charge in [-0.1, -0.05) is 122 Å². The minimum atomic E-state index is -0.814. The van der Waals surface area contributed by atoms with E-state index >= 15 is 0 Å². The van der Waals surface area contributed by atoms with Gasteiger partial charge in [0, 0.05) is 23.7 Å². The van der Waals surface area contributed by atoms with Crippen molar-refractivity contribution in [1.29, 1.82) is 0 Å². The van der Waals surface area contributed by atoms with Crippen molar-refractivity contribution in [1.82, 2.24) is 0 Å². The molecule has 4 nitrogen and oxygen atoms in total. The van der Waals surface area contributed by atoms with Crippen molar-refractivity contribution in [2.75, 3.05) is 0 Å². The van der Waals surface area contributed by atoms with Crippen LogP contribution in [0.1, 0.15) is 54.9 Å². The molecule has 7 rings (SSSR count). The molecule has 1 unspecified atom stereocenters. The molecule has 1 N–H and O–H groups in total. The molecular formula is C40H34O4. The number of aliphatic carboxylic acids is 1. The predicted molar refractivity (Wildman–Crippen MR) is 173 cm³/mol. The maximum Gasteiger partial charge on any atom is 0.311 e. The maximum atomic E-state index is 13.5. The van der Waals surface area contributed by atoms with Crippen LogP contribution >= 0.6 is 0 Å². The fourth-order valence-electron chi connectivity index (χ4n) is 8.32. The number of rotatable bonds is 9. The van der Waals surface area contributed by atoms with Gasteiger partial charge < -0.3 is 9.84 Å². The molecule has 0 heterocycles. The fourth-order valence-corrected chi connectivity index (χ4v) is 8.32. The van der Waals surface area contributed by atoms with Crippen molar-refractivity contribution in [3.05, 3.63) is 150 Å². The molecule has 0 saturated heterocycles. The summed E-state index contributed by atoms with van der Waals surface area (Å²) in [5, 5.41) is 10.1. The summed E-state index contributed by atoms with van der Waals surface area (Å²) in [5.41, 5.74) is 8.10. The van der Waals surface area contributed by atoms with Crippen LogP contribution in [0.5, 0.6) is 5.75 Å². The Labute approximate surface area is 258 Å². The molecule has 2 aliphatic rings. The number of carboxylic acid groups (broad SMARTS) is 1. The Morgan fingerprint density at radius 1 is 0.568 bits per heavy atom. The predicted octanol–water partition coefficient (Wildman–Crippen LogP) is 8.81. The van der Waals surface area contributed by atoms with E-state index in [1.807, 2.05) is 18.2 Å². The second kappa shape index (κ2) is 10.9. The van der Waals surface area contributed by atoms with Crippen molar-refractivity contribution in [3.8, 4) is 28.0 Å². The highest BCUT2D eigenvalue weighted by molar-refractivity contribution is 5.85. The third-order valence-electron chi connectivity index (χ3n) is 10.1. The van der Waals surface area contributed by atoms with Gasteiger partial charge in [-0.05, 0) is 75.4 Å². The summed E-state index contributed by atoms with van der Waals surface area (Å²) in [6.07, 6.45) is 1.20. The van der Waals surface area contributed by atoms with Gasteiger partial charge in [-0.25, -0.2) is 0 Å². The number of fused-ring (bicyclic) bond motifs is 6. The first-order valence-corrected chi connectivity index (χ1v) is 15.3. The van der Waals surface area contributed by atoms with E-state index in [1.165, 1.54) is 22.3 Å². The highest BCUT2D eigenvalue weighted by atomic mass is 16.5. The summed E-state index contributed by atoms with van der Waals surface area (Å²) in [4.78, 5) is 25.7. The lowest BCUT2D eigenvalue weighted by atomic mass is 9.53. The van der Waals surface area contributed by atoms with E-state index < -0.39 is 16.8 Å². The number of ether oxygens (including phenoxy) is 1. The molecule has 2 aliphatic carbocycles. The van der Waals surface area contributed by atoms with E-state index in [0.717, 1.165) is 22.3 Å². The number of hydrogen-bond donors (Lipinski definition) is 1. The van der Waals surface area contributed by atoms with Crippen LogP contribution in [-0.2, 0) is 20.4 Å². The Morgan fingerprint density at radius 3 is 1.34 bits per heavy atom. The van der Waals surface area contributed by atoms with Gasteiger partial charge in [-0.3, -0.25) is 9.59 Å². The molecule has 4 heteroatoms. The summed E-state index contributed by atoms with van der Waals surface area (Å²) in [6.45, 7) is 2.28. The highest BCUT2D eigenvalue weighted by Crippen LogP contribution is 2.64. The van der Waals surface area contributed by atoms with Gasteiger partial charge in [0.1, 0.15) is 5.75 Å². The number of esters is 1. The number of carbonyl (C=O) groups excluding carboxylic acids is 1. The second-order valence-electron chi connectivity index (χ2n) is 12.0. The van der Waals surface area contributed by atoms with E-state index in [9.17, 15) is 14.7 Å². The number of carbonyl (C=O) groups is 2. The standard InChI is InChI=1S/C40H34O4/c1-27(39(25-23-37(41)42)33-19-9-5-15-29(33)30-16-6-10-20-34(30)39)40(26-24-38(43)44-28-13-3-2-4-14-28)35-21-11-7-17-31(35)32-18-8-12-22-36(32)40/h2-22,27H,23-26H2,1H3,(H,41,42). The van der Waals surface area contributed by atoms with Gasteiger partial charge in [-0.15, -0.1) is 0 Å². The Balaban J connectivity index is 1.45. The molecule has 5 aromatic carbocycles. The summed E-state index contributed by atoms with van der Waals surface area (Å²) in [7, 11) is 0. The Bertz CT molecular complexity index is 1780. The van der Waals surface area contributed by atoms with Crippen molar-refractivity contribution >= 4 is 11.9 Å². The SMILES string of the molecule is CC(C1(CCC(=O)O)c2ccccc2-c2ccccc21)C1(CCC(=O)Oc2ccccc2)c2ccccc2-c2ccccc21. The topological polar surface area (TPSA) is 63.6 Å². The minimum Gasteiger partial charge on any atom is -0.481 e. The lowest BCUT2D eigenvalue weighted by Crippen LogP contribution is -2.47. The second-order valence-corrected chi connectivity index (χ2v) is 12.0. The van der Waals surface area contributed by atoms with Gasteiger partial charge >= 0.3 is 11.9 Å². The number of benzene rings is 5. The van der Waals surface area contributed by atoms with Crippen LogP contribution in [0.3, 0.4) is 0 Å². The van der Waals surface area contributed by atoms with Crippen LogP contribution in [0.15, 0.2) is 127 Å². The Morgan fingerprint density at radius 2 is 0.932 bits per heavy atom. The molecule has 44 heavy (non-hydrogen) atoms. The molecule has 0 saturated carbocycles. The average molecular weight is 579 g/mol. The molecule has 0 aromatic heterocycles. The van der Waals surface area contributed by atoms with Crippen LogP contribution < -0.4 is 4.74 Å². The fraction of sp³-hybridized carbons (Fsp3) is 0.200. The summed E-state index contributed by atoms with van der Waals surface area (Å²) in [5.74, 6) is -0.681. The monoisotopic (exact) mass is 578 g/mol. The molecule has 0 fully saturated rings. The largest absolute Gasteiger partial charge is 0.481 e. The number of hydrogen-bond acceptors (Lipinski definition) is 3. The third-order valence-corrected chi connectivity index (χ3v) is 10.1. The summed E-state index contributed by atoms with van der Waals surface area (Å²) >= 11 is 0. The third kappa shape index (κ3) is 4.20. The Hall–Kier alpha value is -4.96.